The molecule has 0 saturated carbocycles. The smallest absolute Gasteiger partial charge is 0.0148 e. The van der Waals surface area contributed by atoms with Gasteiger partial charge in [0.2, 0.25) is 0 Å². The van der Waals surface area contributed by atoms with Gasteiger partial charge in [0.05, 0.1) is 0 Å². The van der Waals surface area contributed by atoms with Gasteiger partial charge in [-0.1, -0.05) is 45.9 Å². The van der Waals surface area contributed by atoms with Crippen molar-refractivity contribution in [2.45, 2.75) is 39.0 Å². The maximum Gasteiger partial charge on any atom is 0.0148 e. The molecule has 0 aliphatic heterocycles. The summed E-state index contributed by atoms with van der Waals surface area (Å²) in [6.07, 6.45) is 5.55. The minimum absolute atomic E-state index is 0.607. The first-order valence-electron chi connectivity index (χ1n) is 6.73. The van der Waals surface area contributed by atoms with Crippen molar-refractivity contribution in [3.8, 4) is 0 Å². The van der Waals surface area contributed by atoms with Crippen molar-refractivity contribution in [3.05, 3.63) is 45.8 Å². The first-order valence-corrected chi connectivity index (χ1v) is 7.50. The summed E-state index contributed by atoms with van der Waals surface area (Å²) in [5.41, 5.74) is 10.9. The zero-order chi connectivity index (χ0) is 14.3. The lowest BCUT2D eigenvalue weighted by Gasteiger charge is -2.14. The van der Waals surface area contributed by atoms with Gasteiger partial charge < -0.3 is 0 Å². The van der Waals surface area contributed by atoms with Gasteiger partial charge in [-0.25, -0.2) is 0 Å². The van der Waals surface area contributed by atoms with Crippen LogP contribution in [0, 0.1) is 11.8 Å². The summed E-state index contributed by atoms with van der Waals surface area (Å²) in [5.74, 6) is 1.25. The first-order chi connectivity index (χ1) is 9.20. The molecule has 0 N–H and O–H groups in total. The van der Waals surface area contributed by atoms with Gasteiger partial charge in [-0.05, 0) is 63.5 Å². The van der Waals surface area contributed by atoms with Gasteiger partial charge in [-0.2, -0.15) is 0 Å². The van der Waals surface area contributed by atoms with E-state index in [4.69, 9.17) is 5.53 Å². The van der Waals surface area contributed by atoms with Crippen LogP contribution in [0.2, 0.25) is 0 Å². The molecule has 0 bridgehead atoms. The predicted octanol–water partition coefficient (Wildman–Crippen LogP) is 5.87. The Bertz CT molecular complexity index is 490. The first kappa shape index (κ1) is 15.7. The van der Waals surface area contributed by atoms with E-state index in [2.05, 4.69) is 47.6 Å². The predicted molar refractivity (Wildman–Crippen MR) is 83.9 cm³/mol. The van der Waals surface area contributed by atoms with Gasteiger partial charge in [0.1, 0.15) is 0 Å². The van der Waals surface area contributed by atoms with Crippen molar-refractivity contribution < 1.29 is 0 Å². The third-order valence-electron chi connectivity index (χ3n) is 3.32. The largest absolute Gasteiger partial charge is 0.0808 e. The van der Waals surface area contributed by atoms with Crippen LogP contribution in [0.4, 0.5) is 0 Å². The molecule has 2 atom stereocenters. The summed E-state index contributed by atoms with van der Waals surface area (Å²) in [6, 6.07) is 6.24. The Morgan fingerprint density at radius 3 is 2.74 bits per heavy atom. The third-order valence-corrected chi connectivity index (χ3v) is 3.94. The average Bonchev–Trinajstić information content (AvgIpc) is 2.58. The van der Waals surface area contributed by atoms with Crippen LogP contribution in [-0.2, 0) is 6.42 Å². The molecular formula is C15H21N3S. The Labute approximate surface area is 119 Å². The van der Waals surface area contributed by atoms with Crippen LogP contribution >= 0.6 is 11.9 Å². The number of benzene rings is 1. The van der Waals surface area contributed by atoms with E-state index in [1.54, 1.807) is 0 Å². The number of hydrogen-bond acceptors (Lipinski definition) is 2. The molecule has 1 aromatic carbocycles. The lowest BCUT2D eigenvalue weighted by atomic mass is 9.91. The summed E-state index contributed by atoms with van der Waals surface area (Å²) < 4.78 is 3.53. The Kier molecular flexibility index (Phi) is 6.54. The topological polar surface area (TPSA) is 48.8 Å². The monoisotopic (exact) mass is 275 g/mol. The van der Waals surface area contributed by atoms with E-state index in [-0.39, 0.29) is 0 Å². The van der Waals surface area contributed by atoms with Crippen LogP contribution in [0.25, 0.3) is 16.5 Å². The molecule has 4 heteroatoms. The van der Waals surface area contributed by atoms with Crippen LogP contribution < -0.4 is 0 Å². The summed E-state index contributed by atoms with van der Waals surface area (Å²) >= 11 is 1.19. The van der Waals surface area contributed by atoms with E-state index < -0.39 is 0 Å². The molecule has 0 amide bonds. The highest BCUT2D eigenvalue weighted by Gasteiger charge is 2.15. The van der Waals surface area contributed by atoms with Gasteiger partial charge in [-0.15, -0.1) is 0 Å². The molecular weight excluding hydrogens is 254 g/mol. The van der Waals surface area contributed by atoms with Crippen LogP contribution in [0.5, 0.6) is 0 Å². The van der Waals surface area contributed by atoms with Crippen molar-refractivity contribution in [1.29, 1.82) is 0 Å². The summed E-state index contributed by atoms with van der Waals surface area (Å²) in [6.45, 7) is 8.53. The number of azide groups is 1. The number of rotatable bonds is 2. The summed E-state index contributed by atoms with van der Waals surface area (Å²) in [4.78, 5) is 3.77. The molecule has 0 saturated heterocycles. The maximum absolute atomic E-state index is 8.31. The quantitative estimate of drug-likeness (QED) is 0.288. The van der Waals surface area contributed by atoms with E-state index >= 15 is 0 Å². The van der Waals surface area contributed by atoms with Gasteiger partial charge >= 0.3 is 0 Å². The van der Waals surface area contributed by atoms with Gasteiger partial charge in [-0.3, -0.25) is 0 Å². The van der Waals surface area contributed by atoms with Crippen LogP contribution in [0.3, 0.4) is 0 Å². The average molecular weight is 275 g/mol. The molecule has 0 radical (unpaired) electrons. The van der Waals surface area contributed by atoms with Crippen molar-refractivity contribution in [2.24, 2.45) is 16.4 Å². The molecule has 0 aromatic heterocycles. The van der Waals surface area contributed by atoms with E-state index in [0.717, 1.165) is 11.3 Å². The molecule has 1 aromatic rings. The van der Waals surface area contributed by atoms with Crippen LogP contribution in [-0.4, -0.2) is 0 Å². The Balaban J connectivity index is 0.000000861. The molecule has 0 spiro atoms. The molecule has 102 valence electrons. The molecule has 0 fully saturated rings. The van der Waals surface area contributed by atoms with Crippen molar-refractivity contribution in [3.63, 3.8) is 0 Å². The van der Waals surface area contributed by atoms with Gasteiger partial charge in [0.25, 0.3) is 0 Å². The second-order valence-electron chi connectivity index (χ2n) is 4.52. The zero-order valence-corrected chi connectivity index (χ0v) is 12.8. The van der Waals surface area contributed by atoms with Crippen LogP contribution in [0.1, 0.15) is 38.8 Å². The third kappa shape index (κ3) is 4.34. The lowest BCUT2D eigenvalue weighted by molar-refractivity contribution is 0.462. The number of nitrogens with zero attached hydrogens (tertiary/aromatic N) is 3. The van der Waals surface area contributed by atoms with E-state index in [1.807, 2.05) is 19.9 Å². The number of allylic oxidation sites excluding steroid dienone is 1. The molecule has 0 heterocycles. The lowest BCUT2D eigenvalue weighted by Crippen LogP contribution is -2.07. The SMILES string of the molecule is CC.CC1C=Cc2ccc(SN=[N+]=[N-])cc2CC1C. The second kappa shape index (κ2) is 7.93. The zero-order valence-electron chi connectivity index (χ0n) is 12.0. The second-order valence-corrected chi connectivity index (χ2v) is 5.34. The standard InChI is InChI=1S/C13H15N3S.C2H6/c1-9-3-4-11-5-6-13(17-16-15-14)8-12(11)7-10(9)2;1-2/h3-6,8-10H,7H2,1-2H3;1-2H3. The highest BCUT2D eigenvalue weighted by atomic mass is 32.2. The Hall–Kier alpha value is -1.38. The molecule has 3 nitrogen and oxygen atoms in total. The number of fused-ring (bicyclic) bond motifs is 1. The fraction of sp³-hybridized carbons (Fsp3) is 0.467. The minimum atomic E-state index is 0.607. The van der Waals surface area contributed by atoms with Crippen LogP contribution in [0.15, 0.2) is 33.7 Å². The molecule has 1 aliphatic rings. The highest BCUT2D eigenvalue weighted by molar-refractivity contribution is 7.98. The minimum Gasteiger partial charge on any atom is -0.0808 e. The molecule has 1 aliphatic carbocycles. The molecule has 2 rings (SSSR count). The van der Waals surface area contributed by atoms with Gasteiger partial charge in [0.15, 0.2) is 0 Å². The molecule has 19 heavy (non-hydrogen) atoms. The Morgan fingerprint density at radius 2 is 2.05 bits per heavy atom. The van der Waals surface area contributed by atoms with E-state index in [0.29, 0.717) is 11.8 Å². The van der Waals surface area contributed by atoms with E-state index in [9.17, 15) is 0 Å². The Morgan fingerprint density at radius 1 is 1.32 bits per heavy atom. The van der Waals surface area contributed by atoms with Gasteiger partial charge in [0, 0.05) is 9.81 Å². The van der Waals surface area contributed by atoms with Crippen molar-refractivity contribution in [1.82, 2.24) is 0 Å². The summed E-state index contributed by atoms with van der Waals surface area (Å²) in [5, 5.41) is 0. The fourth-order valence-corrected chi connectivity index (χ4v) is 2.48. The number of hydrogen-bond donors (Lipinski definition) is 0. The van der Waals surface area contributed by atoms with Crippen molar-refractivity contribution in [2.75, 3.05) is 0 Å². The molecule has 2 unspecified atom stereocenters. The van der Waals surface area contributed by atoms with Crippen molar-refractivity contribution >= 4 is 18.0 Å². The maximum atomic E-state index is 8.31. The normalized spacial score (nSPS) is 20.4. The highest BCUT2D eigenvalue weighted by Crippen LogP contribution is 2.30. The van der Waals surface area contributed by atoms with E-state index in [1.165, 1.54) is 23.1 Å². The summed E-state index contributed by atoms with van der Waals surface area (Å²) in [7, 11) is 0. The fourth-order valence-electron chi connectivity index (χ4n) is 2.02.